The van der Waals surface area contributed by atoms with Crippen molar-refractivity contribution in [3.05, 3.63) is 23.9 Å². The molecular weight excluding hydrogens is 238 g/mol. The monoisotopic (exact) mass is 263 g/mol. The van der Waals surface area contributed by atoms with Gasteiger partial charge in [0.1, 0.15) is 5.82 Å². The number of hydrogen-bond acceptors (Lipinski definition) is 3. The van der Waals surface area contributed by atoms with Gasteiger partial charge in [-0.05, 0) is 25.0 Å². The van der Waals surface area contributed by atoms with Crippen LogP contribution in [-0.2, 0) is 0 Å². The zero-order valence-electron chi connectivity index (χ0n) is 12.4. The van der Waals surface area contributed by atoms with Crippen molar-refractivity contribution in [1.82, 2.24) is 9.88 Å². The lowest BCUT2D eigenvalue weighted by Crippen LogP contribution is -2.35. The molecule has 0 unspecified atom stereocenters. The maximum atomic E-state index is 12.5. The third kappa shape index (κ3) is 4.23. The van der Waals surface area contributed by atoms with E-state index in [2.05, 4.69) is 24.1 Å². The van der Waals surface area contributed by atoms with Gasteiger partial charge in [0.2, 0.25) is 0 Å². The van der Waals surface area contributed by atoms with Gasteiger partial charge in [-0.25, -0.2) is 4.98 Å². The van der Waals surface area contributed by atoms with Crippen molar-refractivity contribution in [2.75, 3.05) is 25.5 Å². The summed E-state index contributed by atoms with van der Waals surface area (Å²) < 4.78 is 0. The Morgan fingerprint density at radius 3 is 2.58 bits per heavy atom. The predicted octanol–water partition coefficient (Wildman–Crippen LogP) is 3.02. The molecule has 4 heteroatoms. The molecule has 0 saturated carbocycles. The number of rotatable bonds is 7. The van der Waals surface area contributed by atoms with Crippen LogP contribution in [-0.4, -0.2) is 35.9 Å². The van der Waals surface area contributed by atoms with E-state index in [1.165, 1.54) is 0 Å². The third-order valence-electron chi connectivity index (χ3n) is 3.57. The highest BCUT2D eigenvalue weighted by atomic mass is 16.2. The summed E-state index contributed by atoms with van der Waals surface area (Å²) in [4.78, 5) is 18.5. The van der Waals surface area contributed by atoms with E-state index < -0.39 is 0 Å². The molecular formula is C15H25N3O. The summed E-state index contributed by atoms with van der Waals surface area (Å²) in [5.74, 6) is 1.40. The number of anilines is 1. The van der Waals surface area contributed by atoms with E-state index in [1.54, 1.807) is 25.4 Å². The van der Waals surface area contributed by atoms with Crippen LogP contribution in [0.5, 0.6) is 0 Å². The molecule has 0 radical (unpaired) electrons. The largest absolute Gasteiger partial charge is 0.373 e. The normalized spacial score (nSPS) is 10.6. The lowest BCUT2D eigenvalue weighted by molar-refractivity contribution is 0.0735. The number of aromatic nitrogens is 1. The Bertz CT molecular complexity index is 402. The highest BCUT2D eigenvalue weighted by Gasteiger charge is 2.17. The number of nitrogens with one attached hydrogen (secondary N) is 1. The van der Waals surface area contributed by atoms with Crippen molar-refractivity contribution in [3.8, 4) is 0 Å². The fraction of sp³-hybridized carbons (Fsp3) is 0.600. The summed E-state index contributed by atoms with van der Waals surface area (Å²) in [7, 11) is 1.80. The Morgan fingerprint density at radius 2 is 2.05 bits per heavy atom. The van der Waals surface area contributed by atoms with Gasteiger partial charge in [0.15, 0.2) is 0 Å². The van der Waals surface area contributed by atoms with Crippen molar-refractivity contribution in [2.24, 2.45) is 5.92 Å². The quantitative estimate of drug-likeness (QED) is 0.822. The summed E-state index contributed by atoms with van der Waals surface area (Å²) in [5, 5.41) is 2.96. The molecule has 4 nitrogen and oxygen atoms in total. The zero-order chi connectivity index (χ0) is 14.3. The molecule has 19 heavy (non-hydrogen) atoms. The number of nitrogens with zero attached hydrogens (tertiary/aromatic N) is 2. The van der Waals surface area contributed by atoms with Crippen LogP contribution in [0.2, 0.25) is 0 Å². The molecule has 0 aromatic carbocycles. The molecule has 1 heterocycles. The van der Waals surface area contributed by atoms with Gasteiger partial charge in [-0.15, -0.1) is 0 Å². The Morgan fingerprint density at radius 1 is 1.37 bits per heavy atom. The fourth-order valence-electron chi connectivity index (χ4n) is 2.10. The molecule has 0 fully saturated rings. The average Bonchev–Trinajstić information content (AvgIpc) is 2.48. The smallest absolute Gasteiger partial charge is 0.254 e. The lowest BCUT2D eigenvalue weighted by atomic mass is 10.0. The Hall–Kier alpha value is -1.58. The van der Waals surface area contributed by atoms with Gasteiger partial charge in [-0.1, -0.05) is 26.7 Å². The van der Waals surface area contributed by atoms with E-state index in [9.17, 15) is 4.79 Å². The Balaban J connectivity index is 2.82. The first kappa shape index (κ1) is 15.5. The van der Waals surface area contributed by atoms with E-state index in [4.69, 9.17) is 0 Å². The van der Waals surface area contributed by atoms with E-state index in [1.807, 2.05) is 11.8 Å². The van der Waals surface area contributed by atoms with Gasteiger partial charge >= 0.3 is 0 Å². The standard InChI is InChI=1S/C15H25N3O/c1-5-12(6-2)11-18(7-3)15(19)13-8-9-17-14(10-13)16-4/h8-10,12H,5-7,11H2,1-4H3,(H,16,17). The highest BCUT2D eigenvalue weighted by Crippen LogP contribution is 2.14. The highest BCUT2D eigenvalue weighted by molar-refractivity contribution is 5.94. The molecule has 1 aromatic heterocycles. The second-order valence-corrected chi connectivity index (χ2v) is 4.71. The zero-order valence-corrected chi connectivity index (χ0v) is 12.4. The summed E-state index contributed by atoms with van der Waals surface area (Å²) in [6.45, 7) is 7.96. The van der Waals surface area contributed by atoms with Crippen LogP contribution in [0.15, 0.2) is 18.3 Å². The first-order chi connectivity index (χ1) is 9.15. The van der Waals surface area contributed by atoms with Crippen molar-refractivity contribution in [2.45, 2.75) is 33.6 Å². The lowest BCUT2D eigenvalue weighted by Gasteiger charge is -2.25. The van der Waals surface area contributed by atoms with Crippen molar-refractivity contribution in [3.63, 3.8) is 0 Å². The van der Waals surface area contributed by atoms with Crippen LogP contribution in [0, 0.1) is 5.92 Å². The first-order valence-corrected chi connectivity index (χ1v) is 7.09. The maximum absolute atomic E-state index is 12.5. The maximum Gasteiger partial charge on any atom is 0.254 e. The summed E-state index contributed by atoms with van der Waals surface area (Å²) in [6.07, 6.45) is 3.89. The molecule has 0 bridgehead atoms. The van der Waals surface area contributed by atoms with Crippen LogP contribution in [0.1, 0.15) is 44.0 Å². The number of pyridine rings is 1. The summed E-state index contributed by atoms with van der Waals surface area (Å²) in [6, 6.07) is 3.58. The summed E-state index contributed by atoms with van der Waals surface area (Å²) >= 11 is 0. The van der Waals surface area contributed by atoms with Gasteiger partial charge in [-0.3, -0.25) is 4.79 Å². The summed E-state index contributed by atoms with van der Waals surface area (Å²) in [5.41, 5.74) is 0.701. The van der Waals surface area contributed by atoms with E-state index in [0.29, 0.717) is 11.5 Å². The molecule has 106 valence electrons. The van der Waals surface area contributed by atoms with Gasteiger partial charge in [0.05, 0.1) is 0 Å². The van der Waals surface area contributed by atoms with Crippen molar-refractivity contribution in [1.29, 1.82) is 0 Å². The number of carbonyl (C=O) groups is 1. The van der Waals surface area contributed by atoms with Gasteiger partial charge in [0, 0.05) is 31.9 Å². The third-order valence-corrected chi connectivity index (χ3v) is 3.57. The molecule has 0 spiro atoms. The Kier molecular flexibility index (Phi) is 6.33. The fourth-order valence-corrected chi connectivity index (χ4v) is 2.10. The number of amides is 1. The van der Waals surface area contributed by atoms with Crippen molar-refractivity contribution >= 4 is 11.7 Å². The molecule has 0 aliphatic carbocycles. The molecule has 0 atom stereocenters. The second kappa shape index (κ2) is 7.77. The minimum absolute atomic E-state index is 0.0910. The van der Waals surface area contributed by atoms with E-state index >= 15 is 0 Å². The molecule has 1 rings (SSSR count). The van der Waals surface area contributed by atoms with Crippen LogP contribution >= 0.6 is 0 Å². The van der Waals surface area contributed by atoms with Gasteiger partial charge < -0.3 is 10.2 Å². The average molecular weight is 263 g/mol. The SMILES string of the molecule is CCC(CC)CN(CC)C(=O)c1ccnc(NC)c1. The van der Waals surface area contributed by atoms with Crippen LogP contribution in [0.3, 0.4) is 0 Å². The number of carbonyl (C=O) groups excluding carboxylic acids is 1. The molecule has 0 aliphatic heterocycles. The van der Waals surface area contributed by atoms with Crippen LogP contribution in [0.25, 0.3) is 0 Å². The topological polar surface area (TPSA) is 45.2 Å². The molecule has 0 aliphatic rings. The first-order valence-electron chi connectivity index (χ1n) is 7.09. The van der Waals surface area contributed by atoms with Crippen molar-refractivity contribution < 1.29 is 4.79 Å². The molecule has 0 saturated heterocycles. The van der Waals surface area contributed by atoms with Crippen LogP contribution < -0.4 is 5.32 Å². The van der Waals surface area contributed by atoms with Crippen LogP contribution in [0.4, 0.5) is 5.82 Å². The van der Waals surface area contributed by atoms with Gasteiger partial charge in [0.25, 0.3) is 5.91 Å². The van der Waals surface area contributed by atoms with E-state index in [0.717, 1.165) is 31.7 Å². The minimum Gasteiger partial charge on any atom is -0.373 e. The molecule has 1 aromatic rings. The number of hydrogen-bond donors (Lipinski definition) is 1. The Labute approximate surface area is 116 Å². The second-order valence-electron chi connectivity index (χ2n) is 4.71. The van der Waals surface area contributed by atoms with E-state index in [-0.39, 0.29) is 5.91 Å². The minimum atomic E-state index is 0.0910. The molecule has 1 amide bonds. The van der Waals surface area contributed by atoms with Gasteiger partial charge in [-0.2, -0.15) is 0 Å². The molecule has 1 N–H and O–H groups in total. The predicted molar refractivity (Wildman–Crippen MR) is 79.4 cm³/mol.